The lowest BCUT2D eigenvalue weighted by molar-refractivity contribution is 0.578. The molecule has 0 aliphatic carbocycles. The molecule has 2 rings (SSSR count). The summed E-state index contributed by atoms with van der Waals surface area (Å²) >= 11 is 5.68. The Morgan fingerprint density at radius 2 is 1.79 bits per heavy atom. The number of benzene rings is 1. The van der Waals surface area contributed by atoms with Crippen LogP contribution < -0.4 is 0 Å². The number of hydrogen-bond acceptors (Lipinski definition) is 4. The van der Waals surface area contributed by atoms with Gasteiger partial charge in [0.05, 0.1) is 22.5 Å². The molecule has 1 unspecified atom stereocenters. The normalized spacial score (nSPS) is 13.6. The number of hydrogen-bond donors (Lipinski definition) is 0. The van der Waals surface area contributed by atoms with E-state index in [-0.39, 0.29) is 16.7 Å². The van der Waals surface area contributed by atoms with Gasteiger partial charge >= 0.3 is 0 Å². The van der Waals surface area contributed by atoms with Gasteiger partial charge in [0.15, 0.2) is 14.9 Å². The van der Waals surface area contributed by atoms with Crippen LogP contribution in [0.3, 0.4) is 0 Å². The predicted octanol–water partition coefficient (Wildman–Crippen LogP) is 2.59. The van der Waals surface area contributed by atoms with E-state index >= 15 is 0 Å². The third-order valence-electron chi connectivity index (χ3n) is 2.76. The Kier molecular flexibility index (Phi) is 4.06. The summed E-state index contributed by atoms with van der Waals surface area (Å²) in [5.41, 5.74) is 1.72. The number of fused-ring (bicyclic) bond motifs is 1. The molecule has 0 fully saturated rings. The molecule has 1 heterocycles. The van der Waals surface area contributed by atoms with Gasteiger partial charge in [-0.15, -0.1) is 11.6 Å². The topological polar surface area (TPSA) is 59.9 Å². The van der Waals surface area contributed by atoms with Crippen molar-refractivity contribution < 1.29 is 8.42 Å². The molecule has 4 nitrogen and oxygen atoms in total. The number of sulfone groups is 1. The van der Waals surface area contributed by atoms with Gasteiger partial charge in [0.1, 0.15) is 0 Å². The molecular formula is C13H15ClN2O2S. The molecule has 0 saturated heterocycles. The standard InChI is InChI=1S/C13H15ClN2O2S/c1-9(7-14)8-19(17,18)13-10(2)15-11-5-3-4-6-12(11)16-13/h3-6,9H,7-8H2,1-2H3. The number of rotatable bonds is 4. The van der Waals surface area contributed by atoms with Crippen LogP contribution in [0.2, 0.25) is 0 Å². The maximum absolute atomic E-state index is 12.3. The van der Waals surface area contributed by atoms with Crippen molar-refractivity contribution in [2.45, 2.75) is 18.9 Å². The van der Waals surface area contributed by atoms with E-state index in [2.05, 4.69) is 9.97 Å². The Balaban J connectivity index is 2.53. The van der Waals surface area contributed by atoms with Gasteiger partial charge in [0.2, 0.25) is 0 Å². The number of aromatic nitrogens is 2. The lowest BCUT2D eigenvalue weighted by Gasteiger charge is -2.10. The zero-order valence-corrected chi connectivity index (χ0v) is 12.4. The fourth-order valence-corrected chi connectivity index (χ4v) is 3.86. The molecule has 0 N–H and O–H groups in total. The Labute approximate surface area is 117 Å². The van der Waals surface area contributed by atoms with Crippen LogP contribution in [-0.4, -0.2) is 30.0 Å². The zero-order chi connectivity index (χ0) is 14.0. The van der Waals surface area contributed by atoms with Crippen molar-refractivity contribution in [3.63, 3.8) is 0 Å². The summed E-state index contributed by atoms with van der Waals surface area (Å²) in [5.74, 6) is 0.184. The SMILES string of the molecule is Cc1nc2ccccc2nc1S(=O)(=O)CC(C)CCl. The second-order valence-corrected chi connectivity index (χ2v) is 6.90. The first-order valence-electron chi connectivity index (χ1n) is 5.96. The van der Waals surface area contributed by atoms with Gasteiger partial charge in [-0.05, 0) is 25.0 Å². The average molecular weight is 299 g/mol. The number of nitrogens with zero attached hydrogens (tertiary/aromatic N) is 2. The molecule has 0 spiro atoms. The van der Waals surface area contributed by atoms with Crippen molar-refractivity contribution in [1.29, 1.82) is 0 Å². The predicted molar refractivity (Wildman–Crippen MR) is 76.2 cm³/mol. The van der Waals surface area contributed by atoms with Gasteiger partial charge in [-0.2, -0.15) is 0 Å². The summed E-state index contributed by atoms with van der Waals surface area (Å²) < 4.78 is 24.6. The van der Waals surface area contributed by atoms with Gasteiger partial charge in [-0.25, -0.2) is 18.4 Å². The van der Waals surface area contributed by atoms with Crippen LogP contribution in [0.15, 0.2) is 29.3 Å². The van der Waals surface area contributed by atoms with E-state index in [1.807, 2.05) is 18.2 Å². The monoisotopic (exact) mass is 298 g/mol. The van der Waals surface area contributed by atoms with Crippen LogP contribution in [0.5, 0.6) is 0 Å². The summed E-state index contributed by atoms with van der Waals surface area (Å²) in [5, 5.41) is 0.0585. The quantitative estimate of drug-likeness (QED) is 0.814. The smallest absolute Gasteiger partial charge is 0.197 e. The van der Waals surface area contributed by atoms with Crippen LogP contribution >= 0.6 is 11.6 Å². The second-order valence-electron chi connectivity index (χ2n) is 4.64. The van der Waals surface area contributed by atoms with E-state index in [1.54, 1.807) is 19.9 Å². The van der Waals surface area contributed by atoms with E-state index < -0.39 is 9.84 Å². The summed E-state index contributed by atoms with van der Waals surface area (Å²) in [6.07, 6.45) is 0. The third-order valence-corrected chi connectivity index (χ3v) is 5.27. The highest BCUT2D eigenvalue weighted by atomic mass is 35.5. The highest BCUT2D eigenvalue weighted by Gasteiger charge is 2.23. The zero-order valence-electron chi connectivity index (χ0n) is 10.8. The Morgan fingerprint density at radius 1 is 1.21 bits per heavy atom. The summed E-state index contributed by atoms with van der Waals surface area (Å²) in [6, 6.07) is 7.23. The largest absolute Gasteiger partial charge is 0.248 e. The first kappa shape index (κ1) is 14.2. The first-order valence-corrected chi connectivity index (χ1v) is 8.15. The van der Waals surface area contributed by atoms with E-state index in [1.165, 1.54) is 0 Å². The molecule has 6 heteroatoms. The highest BCUT2D eigenvalue weighted by Crippen LogP contribution is 2.19. The van der Waals surface area contributed by atoms with E-state index in [4.69, 9.17) is 11.6 Å². The molecule has 102 valence electrons. The van der Waals surface area contributed by atoms with E-state index in [0.29, 0.717) is 22.6 Å². The van der Waals surface area contributed by atoms with Gasteiger partial charge in [-0.1, -0.05) is 19.1 Å². The Morgan fingerprint density at radius 3 is 2.37 bits per heavy atom. The molecule has 2 aromatic rings. The second kappa shape index (κ2) is 5.43. The Bertz CT molecular complexity index is 701. The van der Waals surface area contributed by atoms with Crippen LogP contribution in [0.25, 0.3) is 11.0 Å². The lowest BCUT2D eigenvalue weighted by Crippen LogP contribution is -2.18. The van der Waals surface area contributed by atoms with Crippen molar-refractivity contribution in [2.75, 3.05) is 11.6 Å². The lowest BCUT2D eigenvalue weighted by atomic mass is 10.3. The van der Waals surface area contributed by atoms with Gasteiger partial charge < -0.3 is 0 Å². The molecular weight excluding hydrogens is 284 g/mol. The van der Waals surface area contributed by atoms with E-state index in [0.717, 1.165) is 0 Å². The fraction of sp³-hybridized carbons (Fsp3) is 0.385. The minimum atomic E-state index is -3.45. The number of aryl methyl sites for hydroxylation is 1. The molecule has 1 aromatic carbocycles. The van der Waals surface area contributed by atoms with Crippen molar-refractivity contribution in [1.82, 2.24) is 9.97 Å². The minimum absolute atomic E-state index is 0.00956. The summed E-state index contributed by atoms with van der Waals surface area (Å²) in [4.78, 5) is 8.54. The Hall–Kier alpha value is -1.20. The molecule has 0 radical (unpaired) electrons. The molecule has 19 heavy (non-hydrogen) atoms. The molecule has 1 atom stereocenters. The van der Waals surface area contributed by atoms with Crippen LogP contribution in [0.1, 0.15) is 12.6 Å². The van der Waals surface area contributed by atoms with Crippen molar-refractivity contribution in [3.8, 4) is 0 Å². The molecule has 0 amide bonds. The third kappa shape index (κ3) is 3.04. The van der Waals surface area contributed by atoms with Gasteiger partial charge in [0, 0.05) is 5.88 Å². The highest BCUT2D eigenvalue weighted by molar-refractivity contribution is 7.91. The first-order chi connectivity index (χ1) is 8.94. The molecule has 0 bridgehead atoms. The average Bonchev–Trinajstić information content (AvgIpc) is 2.37. The van der Waals surface area contributed by atoms with Gasteiger partial charge in [-0.3, -0.25) is 0 Å². The maximum Gasteiger partial charge on any atom is 0.197 e. The fourth-order valence-electron chi connectivity index (χ4n) is 1.86. The van der Waals surface area contributed by atoms with Crippen LogP contribution in [0, 0.1) is 12.8 Å². The molecule has 0 aliphatic heterocycles. The summed E-state index contributed by atoms with van der Waals surface area (Å²) in [7, 11) is -3.45. The number of para-hydroxylation sites is 2. The maximum atomic E-state index is 12.3. The van der Waals surface area contributed by atoms with Crippen LogP contribution in [-0.2, 0) is 9.84 Å². The van der Waals surface area contributed by atoms with E-state index in [9.17, 15) is 8.42 Å². The van der Waals surface area contributed by atoms with Crippen molar-refractivity contribution in [2.24, 2.45) is 5.92 Å². The molecule has 0 saturated carbocycles. The number of alkyl halides is 1. The van der Waals surface area contributed by atoms with Crippen molar-refractivity contribution >= 4 is 32.5 Å². The molecule has 0 aliphatic rings. The van der Waals surface area contributed by atoms with Gasteiger partial charge in [0.25, 0.3) is 0 Å². The van der Waals surface area contributed by atoms with Crippen LogP contribution in [0.4, 0.5) is 0 Å². The summed E-state index contributed by atoms with van der Waals surface area (Å²) in [6.45, 7) is 3.46. The van der Waals surface area contributed by atoms with Crippen molar-refractivity contribution in [3.05, 3.63) is 30.0 Å². The molecule has 1 aromatic heterocycles. The minimum Gasteiger partial charge on any atom is -0.248 e. The number of halogens is 1.